The van der Waals surface area contributed by atoms with Crippen LogP contribution in [0, 0.1) is 17.3 Å². The van der Waals surface area contributed by atoms with E-state index in [0.717, 1.165) is 12.7 Å². The van der Waals surface area contributed by atoms with Crippen molar-refractivity contribution < 1.29 is 4.79 Å². The van der Waals surface area contributed by atoms with E-state index in [1.165, 1.54) is 18.4 Å². The third kappa shape index (κ3) is 2.97. The highest BCUT2D eigenvalue weighted by Gasteiger charge is 2.27. The average molecular weight is 194 g/mol. The van der Waals surface area contributed by atoms with Gasteiger partial charge in [0.05, 0.1) is 0 Å². The summed E-state index contributed by atoms with van der Waals surface area (Å²) in [5.41, 5.74) is 1.37. The number of hydrogen-bond acceptors (Lipinski definition) is 1. The van der Waals surface area contributed by atoms with E-state index in [0.29, 0.717) is 11.8 Å². The fourth-order valence-electron chi connectivity index (χ4n) is 2.36. The Morgan fingerprint density at radius 2 is 2.21 bits per heavy atom. The Balaban J connectivity index is 2.59. The summed E-state index contributed by atoms with van der Waals surface area (Å²) in [7, 11) is 0. The molecule has 1 aliphatic carbocycles. The Labute approximate surface area is 87.6 Å². The zero-order chi connectivity index (χ0) is 10.8. The van der Waals surface area contributed by atoms with Gasteiger partial charge < -0.3 is 4.79 Å². The van der Waals surface area contributed by atoms with Crippen molar-refractivity contribution in [2.45, 2.75) is 47.0 Å². The van der Waals surface area contributed by atoms with Crippen molar-refractivity contribution in [3.63, 3.8) is 0 Å². The van der Waals surface area contributed by atoms with E-state index in [9.17, 15) is 4.79 Å². The van der Waals surface area contributed by atoms with Crippen molar-refractivity contribution >= 4 is 6.29 Å². The molecule has 1 rings (SSSR count). The molecule has 0 aromatic rings. The molecule has 0 aromatic heterocycles. The van der Waals surface area contributed by atoms with Gasteiger partial charge in [-0.25, -0.2) is 0 Å². The second-order valence-electron chi connectivity index (χ2n) is 5.48. The Morgan fingerprint density at radius 3 is 2.71 bits per heavy atom. The number of carbonyl (C=O) groups is 1. The SMILES string of the molecule is CC1=C[C@H](C)C(CC(C)(C)C=O)CC1. The minimum atomic E-state index is -0.141. The number of rotatable bonds is 3. The van der Waals surface area contributed by atoms with Crippen LogP contribution in [0.5, 0.6) is 0 Å². The quantitative estimate of drug-likeness (QED) is 0.495. The number of hydrogen-bond donors (Lipinski definition) is 0. The number of aldehydes is 1. The molecule has 80 valence electrons. The molecule has 0 heterocycles. The van der Waals surface area contributed by atoms with Gasteiger partial charge in [0, 0.05) is 5.41 Å². The third-order valence-electron chi connectivity index (χ3n) is 3.31. The van der Waals surface area contributed by atoms with Gasteiger partial charge >= 0.3 is 0 Å². The monoisotopic (exact) mass is 194 g/mol. The van der Waals surface area contributed by atoms with Crippen LogP contribution < -0.4 is 0 Å². The van der Waals surface area contributed by atoms with Crippen LogP contribution in [-0.2, 0) is 4.79 Å². The lowest BCUT2D eigenvalue weighted by molar-refractivity contribution is -0.115. The van der Waals surface area contributed by atoms with E-state index in [-0.39, 0.29) is 5.41 Å². The van der Waals surface area contributed by atoms with Gasteiger partial charge in [-0.2, -0.15) is 0 Å². The highest BCUT2D eigenvalue weighted by atomic mass is 16.1. The van der Waals surface area contributed by atoms with Crippen LogP contribution in [0.3, 0.4) is 0 Å². The van der Waals surface area contributed by atoms with E-state index in [1.54, 1.807) is 0 Å². The first-order valence-corrected chi connectivity index (χ1v) is 5.58. The lowest BCUT2D eigenvalue weighted by Crippen LogP contribution is -2.24. The van der Waals surface area contributed by atoms with Gasteiger partial charge in [0.1, 0.15) is 6.29 Å². The van der Waals surface area contributed by atoms with Crippen molar-refractivity contribution in [3.05, 3.63) is 11.6 Å². The van der Waals surface area contributed by atoms with Gasteiger partial charge in [0.25, 0.3) is 0 Å². The molecule has 0 saturated carbocycles. The van der Waals surface area contributed by atoms with Gasteiger partial charge in [-0.1, -0.05) is 32.4 Å². The first-order valence-electron chi connectivity index (χ1n) is 5.58. The zero-order valence-corrected chi connectivity index (χ0v) is 9.84. The Kier molecular flexibility index (Phi) is 3.52. The molecular weight excluding hydrogens is 172 g/mol. The van der Waals surface area contributed by atoms with Crippen molar-refractivity contribution in [1.29, 1.82) is 0 Å². The van der Waals surface area contributed by atoms with Crippen LogP contribution in [0.15, 0.2) is 11.6 Å². The fourth-order valence-corrected chi connectivity index (χ4v) is 2.36. The molecule has 0 amide bonds. The smallest absolute Gasteiger partial charge is 0.125 e. The van der Waals surface area contributed by atoms with Gasteiger partial charge in [0.2, 0.25) is 0 Å². The van der Waals surface area contributed by atoms with Crippen LogP contribution >= 0.6 is 0 Å². The Hall–Kier alpha value is -0.590. The maximum absolute atomic E-state index is 10.9. The third-order valence-corrected chi connectivity index (χ3v) is 3.31. The van der Waals surface area contributed by atoms with Gasteiger partial charge in [-0.05, 0) is 38.0 Å². The van der Waals surface area contributed by atoms with Crippen LogP contribution in [0.25, 0.3) is 0 Å². The van der Waals surface area contributed by atoms with E-state index in [2.05, 4.69) is 19.9 Å². The van der Waals surface area contributed by atoms with Crippen molar-refractivity contribution in [2.75, 3.05) is 0 Å². The summed E-state index contributed by atoms with van der Waals surface area (Å²) in [6.45, 7) is 8.56. The molecule has 0 fully saturated rings. The van der Waals surface area contributed by atoms with E-state index >= 15 is 0 Å². The fraction of sp³-hybridized carbons (Fsp3) is 0.769. The summed E-state index contributed by atoms with van der Waals surface area (Å²) >= 11 is 0. The van der Waals surface area contributed by atoms with Crippen LogP contribution in [0.4, 0.5) is 0 Å². The predicted molar refractivity (Wildman–Crippen MR) is 60.1 cm³/mol. The van der Waals surface area contributed by atoms with Crippen LogP contribution in [0.1, 0.15) is 47.0 Å². The molecule has 0 radical (unpaired) electrons. The molecule has 1 unspecified atom stereocenters. The molecule has 1 heteroatoms. The van der Waals surface area contributed by atoms with E-state index in [4.69, 9.17) is 0 Å². The highest BCUT2D eigenvalue weighted by Crippen LogP contribution is 2.36. The molecular formula is C13H22O. The van der Waals surface area contributed by atoms with E-state index < -0.39 is 0 Å². The van der Waals surface area contributed by atoms with Gasteiger partial charge in [0.15, 0.2) is 0 Å². The lowest BCUT2D eigenvalue weighted by Gasteiger charge is -2.31. The molecule has 0 aliphatic heterocycles. The van der Waals surface area contributed by atoms with Crippen molar-refractivity contribution in [2.24, 2.45) is 17.3 Å². The average Bonchev–Trinajstić information content (AvgIpc) is 2.10. The molecule has 14 heavy (non-hydrogen) atoms. The standard InChI is InChI=1S/C13H22O/c1-10-5-6-12(11(2)7-10)8-13(3,4)9-14/h7,9,11-12H,5-6,8H2,1-4H3/t11-,12?/m0/s1. The summed E-state index contributed by atoms with van der Waals surface area (Å²) < 4.78 is 0. The van der Waals surface area contributed by atoms with Crippen LogP contribution in [0.2, 0.25) is 0 Å². The molecule has 1 nitrogen and oxygen atoms in total. The summed E-state index contributed by atoms with van der Waals surface area (Å²) in [6, 6.07) is 0. The molecule has 0 aromatic carbocycles. The summed E-state index contributed by atoms with van der Waals surface area (Å²) in [5.74, 6) is 1.34. The second kappa shape index (κ2) is 4.29. The molecule has 0 spiro atoms. The maximum Gasteiger partial charge on any atom is 0.125 e. The molecule has 0 bridgehead atoms. The topological polar surface area (TPSA) is 17.1 Å². The Bertz CT molecular complexity index is 238. The minimum Gasteiger partial charge on any atom is -0.303 e. The lowest BCUT2D eigenvalue weighted by atomic mass is 9.73. The normalized spacial score (nSPS) is 28.4. The first kappa shape index (κ1) is 11.5. The van der Waals surface area contributed by atoms with Gasteiger partial charge in [-0.3, -0.25) is 0 Å². The van der Waals surface area contributed by atoms with E-state index in [1.807, 2.05) is 13.8 Å². The second-order valence-corrected chi connectivity index (χ2v) is 5.48. The highest BCUT2D eigenvalue weighted by molar-refractivity contribution is 5.57. The van der Waals surface area contributed by atoms with Crippen LogP contribution in [-0.4, -0.2) is 6.29 Å². The maximum atomic E-state index is 10.9. The van der Waals surface area contributed by atoms with Crippen molar-refractivity contribution in [1.82, 2.24) is 0 Å². The molecule has 0 saturated heterocycles. The summed E-state index contributed by atoms with van der Waals surface area (Å²) in [5, 5.41) is 0. The number of carbonyl (C=O) groups excluding carboxylic acids is 1. The Morgan fingerprint density at radius 1 is 1.57 bits per heavy atom. The number of allylic oxidation sites excluding steroid dienone is 2. The zero-order valence-electron chi connectivity index (χ0n) is 9.84. The predicted octanol–water partition coefficient (Wildman–Crippen LogP) is 3.59. The molecule has 1 aliphatic rings. The molecule has 0 N–H and O–H groups in total. The largest absolute Gasteiger partial charge is 0.303 e. The summed E-state index contributed by atoms with van der Waals surface area (Å²) in [4.78, 5) is 10.9. The van der Waals surface area contributed by atoms with Gasteiger partial charge in [-0.15, -0.1) is 0 Å². The minimum absolute atomic E-state index is 0.141. The van der Waals surface area contributed by atoms with Crippen molar-refractivity contribution in [3.8, 4) is 0 Å². The first-order chi connectivity index (χ1) is 6.44. The summed E-state index contributed by atoms with van der Waals surface area (Å²) in [6.07, 6.45) is 6.96. The molecule has 2 atom stereocenters.